The van der Waals surface area contributed by atoms with Crippen molar-refractivity contribution in [3.63, 3.8) is 0 Å². The first kappa shape index (κ1) is 52.7. The molecule has 0 amide bonds. The number of fused-ring (bicyclic) bond motifs is 15. The summed E-state index contributed by atoms with van der Waals surface area (Å²) in [7, 11) is 0. The van der Waals surface area contributed by atoms with E-state index in [1.165, 1.54) is 122 Å². The van der Waals surface area contributed by atoms with Crippen LogP contribution in [0.2, 0.25) is 0 Å². The lowest BCUT2D eigenvalue weighted by Crippen LogP contribution is -2.51. The highest BCUT2D eigenvalue weighted by molar-refractivity contribution is 5.14. The van der Waals surface area contributed by atoms with E-state index in [1.54, 1.807) is 12.8 Å². The summed E-state index contributed by atoms with van der Waals surface area (Å²) >= 11 is 0. The van der Waals surface area contributed by atoms with Gasteiger partial charge in [-0.25, -0.2) is 0 Å². The van der Waals surface area contributed by atoms with Gasteiger partial charge in [0.1, 0.15) is 0 Å². The molecular weight excluding hydrogens is 769 g/mol. The van der Waals surface area contributed by atoms with Crippen molar-refractivity contribution < 1.29 is 28.4 Å². The van der Waals surface area contributed by atoms with Crippen LogP contribution in [0.25, 0.3) is 0 Å². The second kappa shape index (κ2) is 25.2. The molecule has 0 aromatic carbocycles. The second-order valence-electron chi connectivity index (χ2n) is 20.6. The molecular formula is C56H104O6. The monoisotopic (exact) mass is 873 g/mol. The van der Waals surface area contributed by atoms with Crippen molar-refractivity contribution in [3.8, 4) is 0 Å². The molecule has 0 radical (unpaired) electrons. The maximum atomic E-state index is 5.62. The summed E-state index contributed by atoms with van der Waals surface area (Å²) in [4.78, 5) is 0. The molecule has 6 heterocycles. The summed E-state index contributed by atoms with van der Waals surface area (Å²) in [5, 5.41) is 0. The lowest BCUT2D eigenvalue weighted by molar-refractivity contribution is -0.0504. The topological polar surface area (TPSA) is 75.2 Å². The molecule has 17 aliphatic rings. The Hall–Kier alpha value is -0.240. The molecule has 11 saturated carbocycles. The Bertz CT molecular complexity index is 1200. The highest BCUT2D eigenvalue weighted by Gasteiger charge is 2.66. The Morgan fingerprint density at radius 1 is 0.306 bits per heavy atom. The van der Waals surface area contributed by atoms with E-state index in [4.69, 9.17) is 28.4 Å². The van der Waals surface area contributed by atoms with Gasteiger partial charge in [0.05, 0.1) is 73.2 Å². The molecule has 0 spiro atoms. The van der Waals surface area contributed by atoms with E-state index in [9.17, 15) is 0 Å². The summed E-state index contributed by atoms with van der Waals surface area (Å²) in [6, 6.07) is 0. The van der Waals surface area contributed by atoms with Gasteiger partial charge < -0.3 is 28.4 Å². The predicted molar refractivity (Wildman–Crippen MR) is 259 cm³/mol. The Morgan fingerprint density at radius 2 is 0.710 bits per heavy atom. The molecule has 6 nitrogen and oxygen atoms in total. The van der Waals surface area contributed by atoms with Gasteiger partial charge in [0.15, 0.2) is 0 Å². The first-order valence-electron chi connectivity index (χ1n) is 28.4. The van der Waals surface area contributed by atoms with Gasteiger partial charge in [-0.05, 0) is 155 Å². The maximum absolute atomic E-state index is 5.62. The van der Waals surface area contributed by atoms with Crippen molar-refractivity contribution in [1.82, 2.24) is 0 Å². The van der Waals surface area contributed by atoms with Crippen molar-refractivity contribution in [3.05, 3.63) is 0 Å². The summed E-state index contributed by atoms with van der Waals surface area (Å²) < 4.78 is 32.4. The van der Waals surface area contributed by atoms with Gasteiger partial charge in [0.25, 0.3) is 0 Å². The van der Waals surface area contributed by atoms with Crippen LogP contribution in [0.4, 0.5) is 0 Å². The molecule has 0 aromatic rings. The third-order valence-electron chi connectivity index (χ3n) is 17.5. The molecule has 6 saturated heterocycles. The molecule has 20 unspecified atom stereocenters. The van der Waals surface area contributed by atoms with Crippen LogP contribution >= 0.6 is 0 Å². The minimum atomic E-state index is 0.623. The summed E-state index contributed by atoms with van der Waals surface area (Å²) in [5.41, 5.74) is 0.623. The van der Waals surface area contributed by atoms with Crippen molar-refractivity contribution in [2.75, 3.05) is 0 Å². The van der Waals surface area contributed by atoms with Gasteiger partial charge in [-0.1, -0.05) is 129 Å². The Labute approximate surface area is 384 Å². The molecule has 364 valence electrons. The van der Waals surface area contributed by atoms with E-state index < -0.39 is 0 Å². The Kier molecular flexibility index (Phi) is 21.4. The standard InChI is InChI=1S/C10H14O.C9H14O.C7H10O.C7H12O.C6H10O.C5H8O.6C2H6/c1-2-6-3-5(1)7-4-8-10(11-8)9(6)7;1-9(2)5-3-6(9)8-7(4-5)10-8;1-2-5-3-4(1)6-7(5)8-6;1-2-4-6-7(8-6)5-3-1;1-2-4-6-5(3-1)7-6;1-2-4-5(3-1)6-4;6*1-2/h5-10H,1-4H2;5-8H,3-4H2,1-2H3;4-7H,1-3H2;6-7H,1-5H2;5-6H,1-4H2;4-5H,1-3H2;6*1-2H3. The third kappa shape index (κ3) is 12.8. The van der Waals surface area contributed by atoms with Crippen LogP contribution in [0.5, 0.6) is 0 Å². The van der Waals surface area contributed by atoms with Crippen molar-refractivity contribution >= 4 is 0 Å². The average Bonchev–Trinajstić information content (AvgIpc) is 4.06. The Morgan fingerprint density at radius 3 is 1.11 bits per heavy atom. The molecule has 6 bridgehead atoms. The number of hydrogen-bond acceptors (Lipinski definition) is 6. The molecule has 11 aliphatic carbocycles. The van der Waals surface area contributed by atoms with Crippen molar-refractivity contribution in [1.29, 1.82) is 0 Å². The van der Waals surface area contributed by atoms with E-state index >= 15 is 0 Å². The second-order valence-corrected chi connectivity index (χ2v) is 20.6. The summed E-state index contributed by atoms with van der Waals surface area (Å²) in [5.74, 6) is 8.23. The van der Waals surface area contributed by atoms with E-state index in [-0.39, 0.29) is 0 Å². The quantitative estimate of drug-likeness (QED) is 0.226. The normalized spacial score (nSPS) is 47.5. The zero-order chi connectivity index (χ0) is 45.1. The largest absolute Gasteiger partial charge is 0.370 e. The minimum absolute atomic E-state index is 0.623. The molecule has 6 heteroatoms. The molecule has 0 N–H and O–H groups in total. The van der Waals surface area contributed by atoms with E-state index in [0.29, 0.717) is 54.2 Å². The van der Waals surface area contributed by atoms with Crippen LogP contribution < -0.4 is 0 Å². The fraction of sp³-hybridized carbons (Fsp3) is 1.00. The zero-order valence-electron chi connectivity index (χ0n) is 43.3. The molecule has 17 fully saturated rings. The molecule has 17 rings (SSSR count). The molecule has 0 aromatic heterocycles. The lowest BCUT2D eigenvalue weighted by atomic mass is 9.49. The zero-order valence-corrected chi connectivity index (χ0v) is 43.3. The van der Waals surface area contributed by atoms with Crippen LogP contribution in [-0.2, 0) is 28.4 Å². The first-order valence-corrected chi connectivity index (χ1v) is 28.4. The van der Waals surface area contributed by atoms with Crippen LogP contribution in [0.1, 0.15) is 232 Å². The molecule has 62 heavy (non-hydrogen) atoms. The van der Waals surface area contributed by atoms with Gasteiger partial charge >= 0.3 is 0 Å². The van der Waals surface area contributed by atoms with Gasteiger partial charge in [-0.15, -0.1) is 0 Å². The molecule has 6 aliphatic heterocycles. The molecule has 20 atom stereocenters. The number of hydrogen-bond donors (Lipinski definition) is 0. The number of epoxide rings is 6. The minimum Gasteiger partial charge on any atom is -0.370 e. The van der Waals surface area contributed by atoms with E-state index in [2.05, 4.69) is 13.8 Å². The Balaban J connectivity index is 0.000000135. The number of ether oxygens (including phenoxy) is 6. The van der Waals surface area contributed by atoms with Crippen LogP contribution in [-0.4, -0.2) is 73.2 Å². The highest BCUT2D eigenvalue weighted by Crippen LogP contribution is 2.65. The lowest BCUT2D eigenvalue weighted by Gasteiger charge is -2.54. The maximum Gasteiger partial charge on any atom is 0.0875 e. The smallest absolute Gasteiger partial charge is 0.0875 e. The van der Waals surface area contributed by atoms with Crippen molar-refractivity contribution in [2.45, 2.75) is 305 Å². The summed E-state index contributed by atoms with van der Waals surface area (Å²) in [6.45, 7) is 28.8. The van der Waals surface area contributed by atoms with E-state index in [1.807, 2.05) is 83.1 Å². The van der Waals surface area contributed by atoms with Gasteiger partial charge in [-0.2, -0.15) is 0 Å². The fourth-order valence-corrected chi connectivity index (χ4v) is 13.9. The summed E-state index contributed by atoms with van der Waals surface area (Å²) in [6.07, 6.45) is 38.3. The van der Waals surface area contributed by atoms with Crippen LogP contribution in [0.15, 0.2) is 0 Å². The SMILES string of the molecule is C1CC2CC1C1CC3OC3C21.C1CC2CC1C1OC21.C1CC2OC2C1.C1CCC2OC2C1.C1CCC2OC2CC1.CC.CC.CC.CC.CC.CC.CC1(C)C2CC3OC3C1C2. The van der Waals surface area contributed by atoms with Crippen LogP contribution in [0.3, 0.4) is 0 Å². The first-order chi connectivity index (χ1) is 30.5. The number of rotatable bonds is 0. The third-order valence-corrected chi connectivity index (χ3v) is 17.5. The average molecular weight is 873 g/mol. The highest BCUT2D eigenvalue weighted by atomic mass is 16.6. The van der Waals surface area contributed by atoms with Crippen LogP contribution in [0, 0.1) is 52.8 Å². The van der Waals surface area contributed by atoms with Gasteiger partial charge in [0.2, 0.25) is 0 Å². The fourth-order valence-electron chi connectivity index (χ4n) is 13.9. The van der Waals surface area contributed by atoms with Crippen molar-refractivity contribution in [2.24, 2.45) is 52.8 Å². The predicted octanol–water partition coefficient (Wildman–Crippen LogP) is 15.0. The van der Waals surface area contributed by atoms with Gasteiger partial charge in [0, 0.05) is 0 Å². The van der Waals surface area contributed by atoms with E-state index in [0.717, 1.165) is 71.8 Å². The van der Waals surface area contributed by atoms with Gasteiger partial charge in [-0.3, -0.25) is 0 Å².